The number of carbonyl (C=O) groups excluding carboxylic acids is 1. The highest BCUT2D eigenvalue weighted by atomic mass is 16.3. The number of phenolic OH excluding ortho intramolecular Hbond substituents is 1. The van der Waals surface area contributed by atoms with E-state index in [1.807, 2.05) is 30.9 Å². The molecule has 29 heavy (non-hydrogen) atoms. The lowest BCUT2D eigenvalue weighted by atomic mass is 10.0. The second-order valence-electron chi connectivity index (χ2n) is 8.24. The van der Waals surface area contributed by atoms with Gasteiger partial charge in [-0.3, -0.25) is 14.5 Å². The summed E-state index contributed by atoms with van der Waals surface area (Å²) in [7, 11) is 0. The van der Waals surface area contributed by atoms with Crippen LogP contribution in [0.3, 0.4) is 0 Å². The molecule has 1 fully saturated rings. The Morgan fingerprint density at radius 2 is 1.79 bits per heavy atom. The van der Waals surface area contributed by atoms with Crippen LogP contribution in [0.4, 0.5) is 0 Å². The van der Waals surface area contributed by atoms with Gasteiger partial charge in [0, 0.05) is 45.2 Å². The van der Waals surface area contributed by atoms with E-state index in [0.29, 0.717) is 12.3 Å². The summed E-state index contributed by atoms with van der Waals surface area (Å²) in [5.74, 6) is 0.332. The monoisotopic (exact) mass is 396 g/mol. The van der Waals surface area contributed by atoms with Gasteiger partial charge in [0.25, 0.3) is 5.56 Å². The number of amides is 1. The Bertz CT molecular complexity index is 969. The second kappa shape index (κ2) is 7.99. The molecule has 0 radical (unpaired) electrons. The lowest BCUT2D eigenvalue weighted by Crippen LogP contribution is -2.38. The van der Waals surface area contributed by atoms with Gasteiger partial charge < -0.3 is 10.0 Å². The van der Waals surface area contributed by atoms with Crippen LogP contribution >= 0.6 is 0 Å². The molecule has 7 nitrogen and oxygen atoms in total. The molecule has 1 amide bonds. The van der Waals surface area contributed by atoms with Crippen molar-refractivity contribution in [1.82, 2.24) is 19.6 Å². The number of aromatic nitrogens is 2. The van der Waals surface area contributed by atoms with Gasteiger partial charge in [-0.05, 0) is 48.9 Å². The first-order chi connectivity index (χ1) is 13.9. The minimum atomic E-state index is -0.213. The molecule has 2 aromatic rings. The summed E-state index contributed by atoms with van der Waals surface area (Å²) < 4.78 is 1.32. The summed E-state index contributed by atoms with van der Waals surface area (Å²) in [5.41, 5.74) is 4.55. The van der Waals surface area contributed by atoms with Crippen LogP contribution in [-0.4, -0.2) is 50.2 Å². The van der Waals surface area contributed by atoms with Gasteiger partial charge in [0.05, 0.1) is 5.69 Å². The SMILES string of the molecule is Cc1cc(CN2CCc3nn(CC(=O)N4CCCC4)c(=O)cc3C2)cc(C)c1O. The lowest BCUT2D eigenvalue weighted by Gasteiger charge is -2.28. The Morgan fingerprint density at radius 3 is 2.48 bits per heavy atom. The van der Waals surface area contributed by atoms with Crippen molar-refractivity contribution in [1.29, 1.82) is 0 Å². The molecule has 0 aliphatic carbocycles. The number of aryl methyl sites for hydroxylation is 2. The second-order valence-corrected chi connectivity index (χ2v) is 8.24. The third-order valence-corrected chi connectivity index (χ3v) is 5.92. The number of hydrogen-bond donors (Lipinski definition) is 1. The number of hydrogen-bond acceptors (Lipinski definition) is 5. The van der Waals surface area contributed by atoms with E-state index >= 15 is 0 Å². The molecule has 2 aliphatic heterocycles. The maximum Gasteiger partial charge on any atom is 0.267 e. The number of likely N-dealkylation sites (tertiary alicyclic amines) is 1. The zero-order valence-electron chi connectivity index (χ0n) is 17.1. The van der Waals surface area contributed by atoms with Crippen LogP contribution in [-0.2, 0) is 30.8 Å². The van der Waals surface area contributed by atoms with Crippen molar-refractivity contribution in [3.8, 4) is 5.75 Å². The molecular formula is C22H28N4O3. The first kappa shape index (κ1) is 19.6. The van der Waals surface area contributed by atoms with Crippen molar-refractivity contribution in [2.45, 2.75) is 52.7 Å². The van der Waals surface area contributed by atoms with E-state index in [1.54, 1.807) is 6.07 Å². The van der Waals surface area contributed by atoms with Crippen molar-refractivity contribution in [3.63, 3.8) is 0 Å². The number of aromatic hydroxyl groups is 1. The fourth-order valence-electron chi connectivity index (χ4n) is 4.34. The zero-order chi connectivity index (χ0) is 20.5. The van der Waals surface area contributed by atoms with E-state index in [0.717, 1.165) is 73.4 Å². The average molecular weight is 396 g/mol. The zero-order valence-corrected chi connectivity index (χ0v) is 17.1. The smallest absolute Gasteiger partial charge is 0.267 e. The Morgan fingerprint density at radius 1 is 1.10 bits per heavy atom. The molecule has 154 valence electrons. The number of rotatable bonds is 4. The summed E-state index contributed by atoms with van der Waals surface area (Å²) in [4.78, 5) is 29.0. The van der Waals surface area contributed by atoms with Gasteiger partial charge in [0.15, 0.2) is 0 Å². The maximum atomic E-state index is 12.5. The Balaban J connectivity index is 1.46. The van der Waals surface area contributed by atoms with Gasteiger partial charge in [-0.1, -0.05) is 12.1 Å². The summed E-state index contributed by atoms with van der Waals surface area (Å²) >= 11 is 0. The summed E-state index contributed by atoms with van der Waals surface area (Å²) in [6.45, 7) is 7.68. The van der Waals surface area contributed by atoms with Crippen LogP contribution in [0.15, 0.2) is 23.0 Å². The summed E-state index contributed by atoms with van der Waals surface area (Å²) in [6.07, 6.45) is 2.83. The topological polar surface area (TPSA) is 78.7 Å². The minimum Gasteiger partial charge on any atom is -0.507 e. The third kappa shape index (κ3) is 4.19. The molecule has 1 N–H and O–H groups in total. The number of carbonyl (C=O) groups is 1. The largest absolute Gasteiger partial charge is 0.507 e. The first-order valence-corrected chi connectivity index (χ1v) is 10.3. The van der Waals surface area contributed by atoms with Crippen molar-refractivity contribution < 1.29 is 9.90 Å². The molecule has 4 rings (SSSR count). The molecule has 3 heterocycles. The molecule has 0 atom stereocenters. The molecule has 0 unspecified atom stereocenters. The van der Waals surface area contributed by atoms with E-state index in [4.69, 9.17) is 0 Å². The fraction of sp³-hybridized carbons (Fsp3) is 0.500. The van der Waals surface area contributed by atoms with Gasteiger partial charge >= 0.3 is 0 Å². The first-order valence-electron chi connectivity index (χ1n) is 10.3. The number of fused-ring (bicyclic) bond motifs is 1. The number of benzene rings is 1. The molecule has 1 aromatic carbocycles. The van der Waals surface area contributed by atoms with Crippen LogP contribution in [0.2, 0.25) is 0 Å². The molecule has 7 heteroatoms. The molecule has 0 saturated carbocycles. The van der Waals surface area contributed by atoms with E-state index < -0.39 is 0 Å². The standard InChI is InChI=1S/C22H28N4O3/c1-15-9-17(10-16(2)22(15)29)12-24-8-5-19-18(13-24)11-20(27)26(23-19)14-21(28)25-6-3-4-7-25/h9-11,29H,3-8,12-14H2,1-2H3. The summed E-state index contributed by atoms with van der Waals surface area (Å²) in [5, 5.41) is 14.5. The van der Waals surface area contributed by atoms with Crippen molar-refractivity contribution >= 4 is 5.91 Å². The van der Waals surface area contributed by atoms with E-state index in [1.165, 1.54) is 4.68 Å². The van der Waals surface area contributed by atoms with Crippen molar-refractivity contribution in [2.24, 2.45) is 0 Å². The molecule has 1 aromatic heterocycles. The van der Waals surface area contributed by atoms with Gasteiger partial charge in [-0.25, -0.2) is 4.68 Å². The third-order valence-electron chi connectivity index (χ3n) is 5.92. The van der Waals surface area contributed by atoms with Crippen LogP contribution in [0.1, 0.15) is 40.8 Å². The molecule has 0 bridgehead atoms. The van der Waals surface area contributed by atoms with Crippen molar-refractivity contribution in [2.75, 3.05) is 19.6 Å². The Hall–Kier alpha value is -2.67. The molecule has 1 saturated heterocycles. The van der Waals surface area contributed by atoms with Gasteiger partial charge in [-0.15, -0.1) is 0 Å². The van der Waals surface area contributed by atoms with E-state index in [-0.39, 0.29) is 18.0 Å². The molecule has 0 spiro atoms. The van der Waals surface area contributed by atoms with Crippen molar-refractivity contribution in [3.05, 3.63) is 56.5 Å². The Labute approximate surface area is 170 Å². The van der Waals surface area contributed by atoms with E-state index in [9.17, 15) is 14.7 Å². The summed E-state index contributed by atoms with van der Waals surface area (Å²) in [6, 6.07) is 5.66. The van der Waals surface area contributed by atoms with Crippen LogP contribution < -0.4 is 5.56 Å². The molecular weight excluding hydrogens is 368 g/mol. The van der Waals surface area contributed by atoms with Gasteiger partial charge in [-0.2, -0.15) is 5.10 Å². The van der Waals surface area contributed by atoms with Crippen LogP contribution in [0, 0.1) is 13.8 Å². The highest BCUT2D eigenvalue weighted by Gasteiger charge is 2.22. The van der Waals surface area contributed by atoms with Crippen LogP contribution in [0.5, 0.6) is 5.75 Å². The minimum absolute atomic E-state index is 0.0208. The highest BCUT2D eigenvalue weighted by Crippen LogP contribution is 2.25. The Kier molecular flexibility index (Phi) is 5.41. The predicted molar refractivity (Wildman–Crippen MR) is 110 cm³/mol. The molecule has 2 aliphatic rings. The van der Waals surface area contributed by atoms with Gasteiger partial charge in [0.1, 0.15) is 12.3 Å². The van der Waals surface area contributed by atoms with Gasteiger partial charge in [0.2, 0.25) is 5.91 Å². The number of nitrogens with zero attached hydrogens (tertiary/aromatic N) is 4. The predicted octanol–water partition coefficient (Wildman–Crippen LogP) is 1.75. The number of phenols is 1. The van der Waals surface area contributed by atoms with Crippen LogP contribution in [0.25, 0.3) is 0 Å². The lowest BCUT2D eigenvalue weighted by molar-refractivity contribution is -0.131. The highest BCUT2D eigenvalue weighted by molar-refractivity contribution is 5.76. The normalized spacial score (nSPS) is 16.8. The maximum absolute atomic E-state index is 12.5. The fourth-order valence-corrected chi connectivity index (χ4v) is 4.34. The average Bonchev–Trinajstić information content (AvgIpc) is 3.22. The van der Waals surface area contributed by atoms with E-state index in [2.05, 4.69) is 10.00 Å². The quantitative estimate of drug-likeness (QED) is 0.852.